The molecule has 0 atom stereocenters. The van der Waals surface area contributed by atoms with E-state index in [4.69, 9.17) is 0 Å². The number of hydrogen-bond donors (Lipinski definition) is 2. The van der Waals surface area contributed by atoms with Crippen LogP contribution in [0.5, 0.6) is 11.5 Å². The quantitative estimate of drug-likeness (QED) is 0.680. The zero-order valence-corrected chi connectivity index (χ0v) is 15.7. The van der Waals surface area contributed by atoms with Crippen molar-refractivity contribution in [1.82, 2.24) is 9.78 Å². The van der Waals surface area contributed by atoms with E-state index in [0.717, 1.165) is 11.4 Å². The van der Waals surface area contributed by atoms with Crippen LogP contribution in [0.1, 0.15) is 11.4 Å². The van der Waals surface area contributed by atoms with Crippen molar-refractivity contribution in [1.29, 1.82) is 0 Å². The molecule has 0 saturated heterocycles. The second-order valence-corrected chi connectivity index (χ2v) is 6.52. The Labute approximate surface area is 165 Å². The number of amides is 1. The van der Waals surface area contributed by atoms with Crippen molar-refractivity contribution in [3.63, 3.8) is 0 Å². The molecule has 1 amide bonds. The second-order valence-electron chi connectivity index (χ2n) is 6.52. The molecule has 29 heavy (non-hydrogen) atoms. The number of rotatable bonds is 5. The van der Waals surface area contributed by atoms with Gasteiger partial charge < -0.3 is 20.1 Å². The van der Waals surface area contributed by atoms with Gasteiger partial charge in [-0.15, -0.1) is 8.78 Å². The Morgan fingerprint density at radius 2 is 1.83 bits per heavy atom. The first-order valence-corrected chi connectivity index (χ1v) is 8.88. The number of aryl methyl sites for hydroxylation is 1. The molecule has 1 aromatic heterocycles. The minimum atomic E-state index is -3.67. The number of benzene rings is 2. The lowest BCUT2D eigenvalue weighted by atomic mass is 10.2. The van der Waals surface area contributed by atoms with Crippen LogP contribution in [0.3, 0.4) is 0 Å². The van der Waals surface area contributed by atoms with Gasteiger partial charge in [-0.25, -0.2) is 4.68 Å². The van der Waals surface area contributed by atoms with Gasteiger partial charge in [-0.2, -0.15) is 5.10 Å². The molecule has 2 heterocycles. The fourth-order valence-electron chi connectivity index (χ4n) is 3.07. The van der Waals surface area contributed by atoms with E-state index in [1.165, 1.54) is 18.2 Å². The molecular formula is C20H18F2N4O3. The molecule has 0 aliphatic carbocycles. The first kappa shape index (κ1) is 18.7. The second kappa shape index (κ2) is 7.08. The van der Waals surface area contributed by atoms with Crippen molar-refractivity contribution in [2.75, 3.05) is 17.2 Å². The summed E-state index contributed by atoms with van der Waals surface area (Å²) in [4.78, 5) is 12.4. The van der Waals surface area contributed by atoms with E-state index in [1.54, 1.807) is 4.68 Å². The molecule has 4 rings (SSSR count). The van der Waals surface area contributed by atoms with Crippen LogP contribution < -0.4 is 20.1 Å². The van der Waals surface area contributed by atoms with Gasteiger partial charge in [-0.3, -0.25) is 4.79 Å². The molecule has 1 aliphatic rings. The molecule has 150 valence electrons. The van der Waals surface area contributed by atoms with E-state index in [-0.39, 0.29) is 24.0 Å². The Morgan fingerprint density at radius 3 is 2.59 bits per heavy atom. The molecule has 0 fully saturated rings. The Hall–Kier alpha value is -3.62. The van der Waals surface area contributed by atoms with Crippen LogP contribution in [0.2, 0.25) is 0 Å². The number of carbonyl (C=O) groups excluding carboxylic acids is 1. The van der Waals surface area contributed by atoms with Gasteiger partial charge in [0.1, 0.15) is 0 Å². The smallest absolute Gasteiger partial charge is 0.395 e. The van der Waals surface area contributed by atoms with Crippen LogP contribution in [-0.4, -0.2) is 28.5 Å². The average molecular weight is 400 g/mol. The highest BCUT2D eigenvalue weighted by molar-refractivity contribution is 5.94. The topological polar surface area (TPSA) is 77.4 Å². The number of nitrogens with one attached hydrogen (secondary N) is 2. The number of aromatic nitrogens is 2. The highest BCUT2D eigenvalue weighted by Crippen LogP contribution is 2.42. The predicted octanol–water partition coefficient (Wildman–Crippen LogP) is 3.86. The highest BCUT2D eigenvalue weighted by atomic mass is 19.3. The third-order valence-electron chi connectivity index (χ3n) is 4.41. The molecule has 0 unspecified atom stereocenters. The van der Waals surface area contributed by atoms with E-state index < -0.39 is 6.29 Å². The molecule has 0 saturated carbocycles. The number of hydrogen-bond acceptors (Lipinski definition) is 5. The number of nitrogens with zero attached hydrogens (tertiary/aromatic N) is 2. The van der Waals surface area contributed by atoms with E-state index in [0.29, 0.717) is 17.1 Å². The van der Waals surface area contributed by atoms with Crippen molar-refractivity contribution < 1.29 is 23.0 Å². The highest BCUT2D eigenvalue weighted by Gasteiger charge is 2.43. The van der Waals surface area contributed by atoms with Gasteiger partial charge in [0.15, 0.2) is 11.5 Å². The van der Waals surface area contributed by atoms with Crippen LogP contribution >= 0.6 is 0 Å². The first-order chi connectivity index (χ1) is 13.8. The van der Waals surface area contributed by atoms with Crippen molar-refractivity contribution in [2.45, 2.75) is 20.1 Å². The van der Waals surface area contributed by atoms with Gasteiger partial charge >= 0.3 is 6.29 Å². The van der Waals surface area contributed by atoms with Gasteiger partial charge in [-0.05, 0) is 38.1 Å². The zero-order valence-electron chi connectivity index (χ0n) is 15.7. The van der Waals surface area contributed by atoms with Crippen molar-refractivity contribution in [3.8, 4) is 17.2 Å². The average Bonchev–Trinajstić information content (AvgIpc) is 3.15. The summed E-state index contributed by atoms with van der Waals surface area (Å²) < 4.78 is 36.7. The van der Waals surface area contributed by atoms with Gasteiger partial charge in [0.25, 0.3) is 0 Å². The Kier molecular flexibility index (Phi) is 4.57. The Morgan fingerprint density at radius 1 is 1.10 bits per heavy atom. The molecule has 0 radical (unpaired) electrons. The molecule has 9 heteroatoms. The summed E-state index contributed by atoms with van der Waals surface area (Å²) in [5, 5.41) is 10.2. The fraction of sp³-hybridized carbons (Fsp3) is 0.200. The van der Waals surface area contributed by atoms with Crippen LogP contribution in [0.15, 0.2) is 48.5 Å². The minimum Gasteiger partial charge on any atom is -0.395 e. The molecular weight excluding hydrogens is 382 g/mol. The minimum absolute atomic E-state index is 0.0513. The van der Waals surface area contributed by atoms with Crippen LogP contribution in [0, 0.1) is 13.8 Å². The zero-order chi connectivity index (χ0) is 20.6. The number of anilines is 2. The fourth-order valence-corrected chi connectivity index (χ4v) is 3.07. The monoisotopic (exact) mass is 400 g/mol. The van der Waals surface area contributed by atoms with Crippen molar-refractivity contribution in [3.05, 3.63) is 59.9 Å². The van der Waals surface area contributed by atoms with Crippen LogP contribution in [0.25, 0.3) is 5.69 Å². The standard InChI is InChI=1S/C20H18F2N4O3/c1-12-19(13(2)26(25-12)15-6-4-3-5-7-15)24-18(27)11-23-14-8-9-16-17(10-14)29-20(21,22)28-16/h3-10,23H,11H2,1-2H3,(H,24,27). The summed E-state index contributed by atoms with van der Waals surface area (Å²) >= 11 is 0. The Bertz CT molecular complexity index is 1070. The summed E-state index contributed by atoms with van der Waals surface area (Å²) in [6.45, 7) is 3.62. The maximum Gasteiger partial charge on any atom is 0.586 e. The van der Waals surface area contributed by atoms with Crippen molar-refractivity contribution >= 4 is 17.3 Å². The maximum absolute atomic E-state index is 13.1. The third-order valence-corrected chi connectivity index (χ3v) is 4.41. The number of para-hydroxylation sites is 1. The number of fused-ring (bicyclic) bond motifs is 1. The molecule has 0 bridgehead atoms. The van der Waals surface area contributed by atoms with Gasteiger partial charge in [-0.1, -0.05) is 18.2 Å². The number of halogens is 2. The van der Waals surface area contributed by atoms with E-state index in [2.05, 4.69) is 25.2 Å². The lowest BCUT2D eigenvalue weighted by Gasteiger charge is -2.09. The maximum atomic E-state index is 13.1. The summed E-state index contributed by atoms with van der Waals surface area (Å²) in [6.07, 6.45) is -3.67. The molecule has 2 N–H and O–H groups in total. The van der Waals surface area contributed by atoms with Crippen LogP contribution in [0.4, 0.5) is 20.2 Å². The largest absolute Gasteiger partial charge is 0.586 e. The molecule has 2 aromatic carbocycles. The molecule has 7 nitrogen and oxygen atoms in total. The van der Waals surface area contributed by atoms with E-state index in [9.17, 15) is 13.6 Å². The normalized spacial score (nSPS) is 13.9. The van der Waals surface area contributed by atoms with E-state index >= 15 is 0 Å². The number of alkyl halides is 2. The summed E-state index contributed by atoms with van der Waals surface area (Å²) in [5.74, 6) is -0.437. The van der Waals surface area contributed by atoms with Gasteiger partial charge in [0, 0.05) is 11.8 Å². The number of carbonyl (C=O) groups is 1. The summed E-state index contributed by atoms with van der Waals surface area (Å²) in [6, 6.07) is 13.8. The molecule has 1 aliphatic heterocycles. The van der Waals surface area contributed by atoms with E-state index in [1.807, 2.05) is 44.2 Å². The predicted molar refractivity (Wildman–Crippen MR) is 103 cm³/mol. The van der Waals surface area contributed by atoms with Crippen molar-refractivity contribution in [2.24, 2.45) is 0 Å². The Balaban J connectivity index is 1.42. The SMILES string of the molecule is Cc1nn(-c2ccccc2)c(C)c1NC(=O)CNc1ccc2c(c1)OC(F)(F)O2. The molecule has 3 aromatic rings. The summed E-state index contributed by atoms with van der Waals surface area (Å²) in [7, 11) is 0. The lowest BCUT2D eigenvalue weighted by Crippen LogP contribution is -2.25. The first-order valence-electron chi connectivity index (χ1n) is 8.88. The van der Waals surface area contributed by atoms with Gasteiger partial charge in [0.05, 0.1) is 29.3 Å². The number of ether oxygens (including phenoxy) is 2. The van der Waals surface area contributed by atoms with Crippen LogP contribution in [-0.2, 0) is 4.79 Å². The molecule has 0 spiro atoms. The lowest BCUT2D eigenvalue weighted by molar-refractivity contribution is -0.286. The third kappa shape index (κ3) is 3.84. The van der Waals surface area contributed by atoms with Gasteiger partial charge in [0.2, 0.25) is 5.91 Å². The summed E-state index contributed by atoms with van der Waals surface area (Å²) in [5.41, 5.74) is 3.46.